The maximum absolute atomic E-state index is 11.8. The second kappa shape index (κ2) is 5.64. The predicted molar refractivity (Wildman–Crippen MR) is 87.0 cm³/mol. The van der Waals surface area contributed by atoms with E-state index in [1.165, 1.54) is 34.0 Å². The molecule has 3 nitrogen and oxygen atoms in total. The number of amides is 1. The molecule has 0 aromatic carbocycles. The van der Waals surface area contributed by atoms with Crippen molar-refractivity contribution in [1.29, 1.82) is 0 Å². The Balaban J connectivity index is 2.01. The molecule has 1 saturated carbocycles. The van der Waals surface area contributed by atoms with Gasteiger partial charge in [-0.2, -0.15) is 0 Å². The maximum Gasteiger partial charge on any atom is 0.412 e. The summed E-state index contributed by atoms with van der Waals surface area (Å²) >= 11 is 3.61. The highest BCUT2D eigenvalue weighted by Crippen LogP contribution is 2.56. The molecule has 1 amide bonds. The third-order valence-corrected chi connectivity index (χ3v) is 6.15. The molecule has 3 aliphatic carbocycles. The molecule has 0 radical (unpaired) electrons. The quantitative estimate of drug-likeness (QED) is 0.764. The van der Waals surface area contributed by atoms with Crippen LogP contribution in [0.1, 0.15) is 51.9 Å². The molecule has 3 rings (SSSR count). The molecular weight excluding hydrogens is 330 g/mol. The molecular formula is C17H22BrNO2. The van der Waals surface area contributed by atoms with Gasteiger partial charge < -0.3 is 10.1 Å². The number of carbonyl (C=O) groups excluding carboxylic acids is 1. The minimum absolute atomic E-state index is 0.115. The summed E-state index contributed by atoms with van der Waals surface area (Å²) in [6, 6.07) is 0. The van der Waals surface area contributed by atoms with E-state index in [2.05, 4.69) is 34.2 Å². The molecule has 1 fully saturated rings. The highest BCUT2D eigenvalue weighted by Gasteiger charge is 2.46. The summed E-state index contributed by atoms with van der Waals surface area (Å²) in [6.45, 7) is 2.15. The first-order valence-corrected chi connectivity index (χ1v) is 8.56. The summed E-state index contributed by atoms with van der Waals surface area (Å²) in [7, 11) is 1.62. The first kappa shape index (κ1) is 14.9. The van der Waals surface area contributed by atoms with E-state index in [4.69, 9.17) is 4.74 Å². The van der Waals surface area contributed by atoms with E-state index in [1.54, 1.807) is 7.05 Å². The van der Waals surface area contributed by atoms with Crippen LogP contribution >= 0.6 is 15.9 Å². The van der Waals surface area contributed by atoms with Crippen LogP contribution < -0.4 is 5.32 Å². The van der Waals surface area contributed by atoms with E-state index in [1.807, 2.05) is 0 Å². The normalized spacial score (nSPS) is 24.0. The van der Waals surface area contributed by atoms with Crippen molar-refractivity contribution < 1.29 is 9.53 Å². The Morgan fingerprint density at radius 3 is 2.57 bits per heavy atom. The van der Waals surface area contributed by atoms with Gasteiger partial charge in [0.2, 0.25) is 0 Å². The van der Waals surface area contributed by atoms with Crippen molar-refractivity contribution in [2.24, 2.45) is 5.41 Å². The fourth-order valence-electron chi connectivity index (χ4n) is 4.03. The van der Waals surface area contributed by atoms with Crippen LogP contribution in [0.4, 0.5) is 4.79 Å². The second-order valence-corrected chi connectivity index (χ2v) is 7.15. The Labute approximate surface area is 134 Å². The largest absolute Gasteiger partial charge is 0.414 e. The minimum atomic E-state index is -0.334. The second-order valence-electron chi connectivity index (χ2n) is 6.29. The van der Waals surface area contributed by atoms with Crippen LogP contribution in [0.15, 0.2) is 33.0 Å². The van der Waals surface area contributed by atoms with Gasteiger partial charge in [0.25, 0.3) is 0 Å². The van der Waals surface area contributed by atoms with Crippen molar-refractivity contribution in [3.05, 3.63) is 33.0 Å². The number of halogens is 1. The van der Waals surface area contributed by atoms with E-state index in [9.17, 15) is 4.79 Å². The van der Waals surface area contributed by atoms with E-state index < -0.39 is 0 Å². The number of hydrogen-bond acceptors (Lipinski definition) is 2. The lowest BCUT2D eigenvalue weighted by molar-refractivity contribution is 0.145. The van der Waals surface area contributed by atoms with Gasteiger partial charge in [-0.25, -0.2) is 4.79 Å². The van der Waals surface area contributed by atoms with Gasteiger partial charge in [-0.15, -0.1) is 0 Å². The lowest BCUT2D eigenvalue weighted by Gasteiger charge is -2.26. The van der Waals surface area contributed by atoms with Crippen molar-refractivity contribution in [3.63, 3.8) is 0 Å². The van der Waals surface area contributed by atoms with Crippen LogP contribution in [-0.2, 0) is 4.74 Å². The molecule has 0 aromatic heterocycles. The summed E-state index contributed by atoms with van der Waals surface area (Å²) in [5.74, 6) is 0.962. The van der Waals surface area contributed by atoms with Gasteiger partial charge in [0, 0.05) is 16.9 Å². The number of allylic oxidation sites excluding steroid dienone is 6. The van der Waals surface area contributed by atoms with Crippen molar-refractivity contribution in [2.75, 3.05) is 7.05 Å². The number of ether oxygens (including phenoxy) is 1. The Kier molecular flexibility index (Phi) is 4.00. The topological polar surface area (TPSA) is 38.3 Å². The number of rotatable bonds is 2. The number of alkyl carbamates (subject to hydrolysis) is 1. The van der Waals surface area contributed by atoms with Crippen molar-refractivity contribution in [2.45, 2.75) is 51.9 Å². The summed E-state index contributed by atoms with van der Waals surface area (Å²) in [4.78, 5) is 11.8. The first-order chi connectivity index (χ1) is 10.1. The van der Waals surface area contributed by atoms with Gasteiger partial charge in [-0.05, 0) is 55.7 Å². The van der Waals surface area contributed by atoms with E-state index in [0.717, 1.165) is 37.9 Å². The molecule has 0 unspecified atom stereocenters. The monoisotopic (exact) mass is 351 g/mol. The fraction of sp³-hybridized carbons (Fsp3) is 0.588. The standard InChI is InChI=1S/C17H22BrNO2/c1-11-12(5-6-14(11)18)13-7-10-17(8-3-4-9-17)15(13)21-16(20)19-2/h6H,3-5,7-10H2,1-2H3,(H,19,20). The van der Waals surface area contributed by atoms with Crippen molar-refractivity contribution >= 4 is 22.0 Å². The SMILES string of the molecule is CNC(=O)OC1=C(C2=C(C)C(Br)=CC2)CCC12CCCC2. The predicted octanol–water partition coefficient (Wildman–Crippen LogP) is 4.95. The molecule has 114 valence electrons. The smallest absolute Gasteiger partial charge is 0.412 e. The average Bonchev–Trinajstić information content (AvgIpc) is 3.16. The van der Waals surface area contributed by atoms with E-state index in [0.29, 0.717) is 0 Å². The minimum Gasteiger partial charge on any atom is -0.414 e. The van der Waals surface area contributed by atoms with E-state index in [-0.39, 0.29) is 11.5 Å². The van der Waals surface area contributed by atoms with Crippen LogP contribution in [0, 0.1) is 5.41 Å². The zero-order valence-electron chi connectivity index (χ0n) is 12.7. The summed E-state index contributed by atoms with van der Waals surface area (Å²) in [6.07, 6.45) is 9.78. The van der Waals surface area contributed by atoms with Crippen molar-refractivity contribution in [1.82, 2.24) is 5.32 Å². The number of hydrogen-bond donors (Lipinski definition) is 1. The van der Waals surface area contributed by atoms with Gasteiger partial charge in [0.05, 0.1) is 0 Å². The molecule has 0 saturated heterocycles. The average molecular weight is 352 g/mol. The summed E-state index contributed by atoms with van der Waals surface area (Å²) in [5, 5.41) is 2.60. The van der Waals surface area contributed by atoms with Crippen LogP contribution in [0.3, 0.4) is 0 Å². The van der Waals surface area contributed by atoms with Gasteiger partial charge in [0.15, 0.2) is 0 Å². The molecule has 0 aliphatic heterocycles. The maximum atomic E-state index is 11.8. The Hall–Kier alpha value is -1.03. The molecule has 0 bridgehead atoms. The first-order valence-electron chi connectivity index (χ1n) is 7.77. The van der Waals surface area contributed by atoms with Gasteiger partial charge >= 0.3 is 6.09 Å². The van der Waals surface area contributed by atoms with E-state index >= 15 is 0 Å². The fourth-order valence-corrected chi connectivity index (χ4v) is 4.43. The lowest BCUT2D eigenvalue weighted by atomic mass is 9.84. The Bertz CT molecular complexity index is 565. The summed E-state index contributed by atoms with van der Waals surface area (Å²) in [5.41, 5.74) is 4.04. The van der Waals surface area contributed by atoms with Gasteiger partial charge in [0.1, 0.15) is 5.76 Å². The lowest BCUT2D eigenvalue weighted by Crippen LogP contribution is -2.25. The third-order valence-electron chi connectivity index (χ3n) is 5.23. The van der Waals surface area contributed by atoms with Gasteiger partial charge in [-0.1, -0.05) is 34.8 Å². The molecule has 0 heterocycles. The Morgan fingerprint density at radius 2 is 2.00 bits per heavy atom. The number of carbonyl (C=O) groups is 1. The zero-order valence-corrected chi connectivity index (χ0v) is 14.3. The molecule has 0 atom stereocenters. The summed E-state index contributed by atoms with van der Waals surface area (Å²) < 4.78 is 6.94. The molecule has 3 aliphatic rings. The van der Waals surface area contributed by atoms with Crippen LogP contribution in [0.2, 0.25) is 0 Å². The molecule has 0 aromatic rings. The van der Waals surface area contributed by atoms with Crippen LogP contribution in [-0.4, -0.2) is 13.1 Å². The molecule has 1 N–H and O–H groups in total. The highest BCUT2D eigenvalue weighted by molar-refractivity contribution is 9.12. The molecule has 1 spiro atoms. The molecule has 21 heavy (non-hydrogen) atoms. The Morgan fingerprint density at radius 1 is 1.29 bits per heavy atom. The van der Waals surface area contributed by atoms with Crippen LogP contribution in [0.5, 0.6) is 0 Å². The zero-order chi connectivity index (χ0) is 15.0. The van der Waals surface area contributed by atoms with Crippen LogP contribution in [0.25, 0.3) is 0 Å². The highest BCUT2D eigenvalue weighted by atomic mass is 79.9. The number of nitrogens with one attached hydrogen (secondary N) is 1. The van der Waals surface area contributed by atoms with Crippen molar-refractivity contribution in [3.8, 4) is 0 Å². The molecule has 4 heteroatoms. The van der Waals surface area contributed by atoms with Gasteiger partial charge in [-0.3, -0.25) is 0 Å². The third kappa shape index (κ3) is 2.48.